The van der Waals surface area contributed by atoms with Crippen molar-refractivity contribution in [3.63, 3.8) is 0 Å². The van der Waals surface area contributed by atoms with Crippen molar-refractivity contribution in [2.24, 2.45) is 0 Å². The molecule has 3 nitrogen and oxygen atoms in total. The number of halogens is 1. The van der Waals surface area contributed by atoms with Crippen LogP contribution in [0.1, 0.15) is 11.6 Å². The van der Waals surface area contributed by atoms with Crippen LogP contribution < -0.4 is 5.32 Å². The lowest BCUT2D eigenvalue weighted by molar-refractivity contribution is 0.132. The zero-order chi connectivity index (χ0) is 15.5. The zero-order valence-corrected chi connectivity index (χ0v) is 13.2. The molecular weight excluding hydrogens is 296 g/mol. The van der Waals surface area contributed by atoms with Crippen LogP contribution in [0.4, 0.5) is 0 Å². The van der Waals surface area contributed by atoms with Gasteiger partial charge >= 0.3 is 0 Å². The van der Waals surface area contributed by atoms with E-state index < -0.39 is 6.10 Å². The lowest BCUT2D eigenvalue weighted by Gasteiger charge is -2.26. The maximum absolute atomic E-state index is 10.6. The molecule has 0 aliphatic heterocycles. The van der Waals surface area contributed by atoms with Crippen LogP contribution in [0.15, 0.2) is 60.8 Å². The highest BCUT2D eigenvalue weighted by molar-refractivity contribution is 6.35. The molecule has 1 aromatic heterocycles. The molecule has 2 atom stereocenters. The molecule has 0 saturated heterocycles. The van der Waals surface area contributed by atoms with E-state index in [2.05, 4.69) is 9.88 Å². The molecule has 0 aliphatic rings. The molecule has 0 unspecified atom stereocenters. The number of benzene rings is 2. The van der Waals surface area contributed by atoms with E-state index in [1.54, 1.807) is 0 Å². The molecule has 114 valence electrons. The molecule has 0 aliphatic carbocycles. The SMILES string of the molecule is CNC[C@@H](O)[C@H](c1ccccc1)n1ccc2c(Cl)cccc21. The molecule has 2 aromatic carbocycles. The highest BCUT2D eigenvalue weighted by Crippen LogP contribution is 2.31. The minimum absolute atomic E-state index is 0.162. The summed E-state index contributed by atoms with van der Waals surface area (Å²) >= 11 is 6.27. The Balaban J connectivity index is 2.14. The van der Waals surface area contributed by atoms with Crippen molar-refractivity contribution >= 4 is 22.5 Å². The average Bonchev–Trinajstić information content (AvgIpc) is 2.94. The van der Waals surface area contributed by atoms with Crippen LogP contribution in [0.25, 0.3) is 10.9 Å². The van der Waals surface area contributed by atoms with Crippen LogP contribution in [0.2, 0.25) is 5.02 Å². The van der Waals surface area contributed by atoms with Gasteiger partial charge in [0.2, 0.25) is 0 Å². The Labute approximate surface area is 135 Å². The Morgan fingerprint density at radius 1 is 1.09 bits per heavy atom. The quantitative estimate of drug-likeness (QED) is 0.756. The summed E-state index contributed by atoms with van der Waals surface area (Å²) in [5, 5.41) is 15.4. The van der Waals surface area contributed by atoms with Crippen LogP contribution in [0.3, 0.4) is 0 Å². The molecule has 4 heteroatoms. The van der Waals surface area contributed by atoms with E-state index in [1.165, 1.54) is 0 Å². The first-order chi connectivity index (χ1) is 10.7. The van der Waals surface area contributed by atoms with Gasteiger partial charge in [0.05, 0.1) is 17.7 Å². The van der Waals surface area contributed by atoms with Gasteiger partial charge in [-0.15, -0.1) is 0 Å². The number of hydrogen-bond acceptors (Lipinski definition) is 2. The van der Waals surface area contributed by atoms with E-state index in [0.717, 1.165) is 21.5 Å². The van der Waals surface area contributed by atoms with E-state index >= 15 is 0 Å². The van der Waals surface area contributed by atoms with E-state index in [-0.39, 0.29) is 6.04 Å². The number of rotatable bonds is 5. The minimum Gasteiger partial charge on any atom is -0.389 e. The first-order valence-electron chi connectivity index (χ1n) is 7.35. The number of aliphatic hydroxyl groups excluding tert-OH is 1. The van der Waals surface area contributed by atoms with Crippen molar-refractivity contribution in [3.05, 3.63) is 71.4 Å². The maximum atomic E-state index is 10.6. The molecule has 3 aromatic rings. The van der Waals surface area contributed by atoms with E-state index in [4.69, 9.17) is 11.6 Å². The van der Waals surface area contributed by atoms with Crippen molar-refractivity contribution in [2.45, 2.75) is 12.1 Å². The van der Waals surface area contributed by atoms with E-state index in [1.807, 2.05) is 67.8 Å². The minimum atomic E-state index is -0.540. The fraction of sp³-hybridized carbons (Fsp3) is 0.222. The summed E-state index contributed by atoms with van der Waals surface area (Å²) < 4.78 is 2.10. The summed E-state index contributed by atoms with van der Waals surface area (Å²) in [6.07, 6.45) is 1.45. The molecule has 0 spiro atoms. The first kappa shape index (κ1) is 15.1. The molecule has 22 heavy (non-hydrogen) atoms. The average molecular weight is 315 g/mol. The summed E-state index contributed by atoms with van der Waals surface area (Å²) in [6, 6.07) is 17.7. The van der Waals surface area contributed by atoms with Crippen LogP contribution in [-0.4, -0.2) is 29.4 Å². The molecule has 0 saturated carbocycles. The number of nitrogens with zero attached hydrogens (tertiary/aromatic N) is 1. The van der Waals surface area contributed by atoms with Crippen molar-refractivity contribution in [3.8, 4) is 0 Å². The van der Waals surface area contributed by atoms with Gasteiger partial charge in [0.1, 0.15) is 0 Å². The monoisotopic (exact) mass is 314 g/mol. The number of hydrogen-bond donors (Lipinski definition) is 2. The second-order valence-electron chi connectivity index (χ2n) is 5.38. The fourth-order valence-corrected chi connectivity index (χ4v) is 3.17. The van der Waals surface area contributed by atoms with Gasteiger partial charge in [0, 0.05) is 23.2 Å². The number of likely N-dealkylation sites (N-methyl/N-ethyl adjacent to an activating group) is 1. The molecule has 0 bridgehead atoms. The summed E-state index contributed by atoms with van der Waals surface area (Å²) in [5.74, 6) is 0. The molecule has 0 radical (unpaired) electrons. The van der Waals surface area contributed by atoms with Gasteiger partial charge in [0.15, 0.2) is 0 Å². The Morgan fingerprint density at radius 3 is 2.59 bits per heavy atom. The molecule has 2 N–H and O–H groups in total. The van der Waals surface area contributed by atoms with Gasteiger partial charge in [-0.1, -0.05) is 48.0 Å². The second kappa shape index (κ2) is 6.53. The maximum Gasteiger partial charge on any atom is 0.0912 e. The summed E-state index contributed by atoms with van der Waals surface area (Å²) in [7, 11) is 1.84. The summed E-state index contributed by atoms with van der Waals surface area (Å²) in [6.45, 7) is 0.514. The number of aliphatic hydroxyl groups is 1. The predicted octanol–water partition coefficient (Wildman–Crippen LogP) is 3.46. The number of nitrogens with one attached hydrogen (secondary N) is 1. The fourth-order valence-electron chi connectivity index (χ4n) is 2.93. The predicted molar refractivity (Wildman–Crippen MR) is 91.5 cm³/mol. The van der Waals surface area contributed by atoms with Gasteiger partial charge in [-0.25, -0.2) is 0 Å². The Bertz CT molecular complexity index is 754. The second-order valence-corrected chi connectivity index (χ2v) is 5.78. The van der Waals surface area contributed by atoms with Crippen LogP contribution in [-0.2, 0) is 0 Å². The smallest absolute Gasteiger partial charge is 0.0912 e. The Hall–Kier alpha value is -1.81. The molecule has 0 fully saturated rings. The third-order valence-corrected chi connectivity index (χ3v) is 4.26. The van der Waals surface area contributed by atoms with E-state index in [9.17, 15) is 5.11 Å². The third-order valence-electron chi connectivity index (χ3n) is 3.93. The van der Waals surface area contributed by atoms with Gasteiger partial charge in [-0.2, -0.15) is 0 Å². The highest BCUT2D eigenvalue weighted by atomic mass is 35.5. The molecule has 3 rings (SSSR count). The topological polar surface area (TPSA) is 37.2 Å². The third kappa shape index (κ3) is 2.75. The Morgan fingerprint density at radius 2 is 1.86 bits per heavy atom. The first-order valence-corrected chi connectivity index (χ1v) is 7.73. The van der Waals surface area contributed by atoms with E-state index in [0.29, 0.717) is 6.54 Å². The molecular formula is C18H19ClN2O. The van der Waals surface area contributed by atoms with Gasteiger partial charge in [-0.05, 0) is 30.8 Å². The van der Waals surface area contributed by atoms with Crippen molar-refractivity contribution in [1.29, 1.82) is 0 Å². The number of fused-ring (bicyclic) bond motifs is 1. The standard InChI is InChI=1S/C18H19ClN2O/c1-20-12-17(22)18(13-6-3-2-4-7-13)21-11-10-14-15(19)8-5-9-16(14)21/h2-11,17-18,20,22H,12H2,1H3/t17-,18+/m1/s1. The number of aromatic nitrogens is 1. The van der Waals surface area contributed by atoms with Gasteiger partial charge < -0.3 is 15.0 Å². The largest absolute Gasteiger partial charge is 0.389 e. The van der Waals surface area contributed by atoms with Crippen molar-refractivity contribution in [1.82, 2.24) is 9.88 Å². The zero-order valence-electron chi connectivity index (χ0n) is 12.4. The highest BCUT2D eigenvalue weighted by Gasteiger charge is 2.23. The van der Waals surface area contributed by atoms with Crippen molar-refractivity contribution in [2.75, 3.05) is 13.6 Å². The molecule has 0 amide bonds. The van der Waals surface area contributed by atoms with Gasteiger partial charge in [0.25, 0.3) is 0 Å². The van der Waals surface area contributed by atoms with Crippen molar-refractivity contribution < 1.29 is 5.11 Å². The van der Waals surface area contributed by atoms with Crippen LogP contribution >= 0.6 is 11.6 Å². The summed E-state index contributed by atoms with van der Waals surface area (Å²) in [5.41, 5.74) is 2.10. The Kier molecular flexibility index (Phi) is 4.48. The van der Waals surface area contributed by atoms with Crippen LogP contribution in [0, 0.1) is 0 Å². The van der Waals surface area contributed by atoms with Gasteiger partial charge in [-0.3, -0.25) is 0 Å². The molecule has 1 heterocycles. The normalized spacial score (nSPS) is 14.1. The van der Waals surface area contributed by atoms with Crippen LogP contribution in [0.5, 0.6) is 0 Å². The lowest BCUT2D eigenvalue weighted by Crippen LogP contribution is -2.33. The lowest BCUT2D eigenvalue weighted by atomic mass is 10.0. The summed E-state index contributed by atoms with van der Waals surface area (Å²) in [4.78, 5) is 0.